The fraction of sp³-hybridized carbons (Fsp3) is 0.438. The lowest BCUT2D eigenvalue weighted by Gasteiger charge is -2.13. The maximum atomic E-state index is 12.2. The first kappa shape index (κ1) is 13.7. The van der Waals surface area contributed by atoms with Crippen LogP contribution >= 0.6 is 0 Å². The fourth-order valence-electron chi connectivity index (χ4n) is 2.35. The van der Waals surface area contributed by atoms with Crippen molar-refractivity contribution in [2.24, 2.45) is 5.92 Å². The summed E-state index contributed by atoms with van der Waals surface area (Å²) < 4.78 is 0. The van der Waals surface area contributed by atoms with E-state index in [1.807, 2.05) is 30.3 Å². The van der Waals surface area contributed by atoms with E-state index in [1.165, 1.54) is 0 Å². The molecule has 2 rings (SSSR count). The number of para-hydroxylation sites is 1. The van der Waals surface area contributed by atoms with Gasteiger partial charge in [0, 0.05) is 16.8 Å². The number of benzene rings is 1. The Bertz CT molecular complexity index is 511. The summed E-state index contributed by atoms with van der Waals surface area (Å²) in [5.41, 5.74) is 1.06. The summed E-state index contributed by atoms with van der Waals surface area (Å²) in [4.78, 5) is 15.4. The van der Waals surface area contributed by atoms with Gasteiger partial charge in [-0.3, -0.25) is 4.79 Å². The van der Waals surface area contributed by atoms with Gasteiger partial charge in [0.15, 0.2) is 0 Å². The number of carbonyl (C=O) groups is 1. The topological polar surface area (TPSA) is 44.9 Å². The molecule has 3 nitrogen and oxygen atoms in total. The summed E-state index contributed by atoms with van der Waals surface area (Å²) >= 11 is 0. The predicted molar refractivity (Wildman–Crippen MR) is 80.2 cm³/mol. The van der Waals surface area contributed by atoms with E-state index in [1.54, 1.807) is 0 Å². The molecule has 0 radical (unpaired) electrons. The van der Waals surface area contributed by atoms with Gasteiger partial charge in [0.1, 0.15) is 5.82 Å². The van der Waals surface area contributed by atoms with Crippen LogP contribution in [0.2, 0.25) is 0 Å². The number of anilines is 1. The van der Waals surface area contributed by atoms with Crippen molar-refractivity contribution in [3.8, 4) is 0 Å². The van der Waals surface area contributed by atoms with Gasteiger partial charge in [-0.1, -0.05) is 44.9 Å². The standard InChI is InChI=1S/C16H22N2O/c1-3-5-8-12(4-2)16(19)18-15-11-13-9-6-7-10-14(13)17-15/h6-7,9-12,17H,3-5,8H2,1-2H3,(H,18,19). The molecule has 0 spiro atoms. The molecule has 19 heavy (non-hydrogen) atoms. The minimum Gasteiger partial charge on any atom is -0.341 e. The Balaban J connectivity index is 2.04. The van der Waals surface area contributed by atoms with Crippen molar-refractivity contribution in [2.45, 2.75) is 39.5 Å². The van der Waals surface area contributed by atoms with Gasteiger partial charge in [-0.2, -0.15) is 0 Å². The Hall–Kier alpha value is -1.77. The molecule has 1 heterocycles. The summed E-state index contributed by atoms with van der Waals surface area (Å²) in [7, 11) is 0. The first-order chi connectivity index (χ1) is 9.24. The first-order valence-electron chi connectivity index (χ1n) is 7.13. The average molecular weight is 258 g/mol. The number of carbonyl (C=O) groups excluding carboxylic acids is 1. The van der Waals surface area contributed by atoms with Crippen LogP contribution in [0.5, 0.6) is 0 Å². The molecule has 0 aliphatic rings. The van der Waals surface area contributed by atoms with Crippen LogP contribution < -0.4 is 5.32 Å². The maximum absolute atomic E-state index is 12.2. The Morgan fingerprint density at radius 1 is 1.32 bits per heavy atom. The molecule has 0 saturated carbocycles. The van der Waals surface area contributed by atoms with Crippen LogP contribution in [0.15, 0.2) is 30.3 Å². The van der Waals surface area contributed by atoms with E-state index in [9.17, 15) is 4.79 Å². The highest BCUT2D eigenvalue weighted by Crippen LogP contribution is 2.20. The number of aromatic amines is 1. The van der Waals surface area contributed by atoms with Crippen molar-refractivity contribution in [2.75, 3.05) is 5.32 Å². The number of aromatic nitrogens is 1. The van der Waals surface area contributed by atoms with Crippen molar-refractivity contribution < 1.29 is 4.79 Å². The average Bonchev–Trinajstić information content (AvgIpc) is 2.81. The van der Waals surface area contributed by atoms with Crippen LogP contribution in [0.25, 0.3) is 10.9 Å². The summed E-state index contributed by atoms with van der Waals surface area (Å²) in [5.74, 6) is 1.04. The second-order valence-corrected chi connectivity index (χ2v) is 5.01. The van der Waals surface area contributed by atoms with Gasteiger partial charge in [0.05, 0.1) is 0 Å². The number of rotatable bonds is 6. The van der Waals surface area contributed by atoms with Crippen LogP contribution in [-0.4, -0.2) is 10.9 Å². The molecule has 1 unspecified atom stereocenters. The number of hydrogen-bond donors (Lipinski definition) is 2. The molecule has 1 aromatic carbocycles. The van der Waals surface area contributed by atoms with Crippen LogP contribution in [0.1, 0.15) is 39.5 Å². The van der Waals surface area contributed by atoms with E-state index in [0.29, 0.717) is 0 Å². The lowest BCUT2D eigenvalue weighted by Crippen LogP contribution is -2.22. The Kier molecular flexibility index (Phi) is 4.61. The van der Waals surface area contributed by atoms with Gasteiger partial charge in [-0.15, -0.1) is 0 Å². The zero-order valence-corrected chi connectivity index (χ0v) is 11.7. The van der Waals surface area contributed by atoms with Crippen LogP contribution in [0, 0.1) is 5.92 Å². The van der Waals surface area contributed by atoms with Crippen LogP contribution in [0.3, 0.4) is 0 Å². The van der Waals surface area contributed by atoms with Crippen LogP contribution in [0.4, 0.5) is 5.82 Å². The third-order valence-corrected chi connectivity index (χ3v) is 3.56. The van der Waals surface area contributed by atoms with E-state index >= 15 is 0 Å². The normalized spacial score (nSPS) is 12.5. The Morgan fingerprint density at radius 2 is 2.11 bits per heavy atom. The molecule has 0 fully saturated rings. The van der Waals surface area contributed by atoms with Crippen molar-refractivity contribution in [1.29, 1.82) is 0 Å². The minimum absolute atomic E-state index is 0.117. The number of fused-ring (bicyclic) bond motifs is 1. The van der Waals surface area contributed by atoms with Gasteiger partial charge < -0.3 is 10.3 Å². The van der Waals surface area contributed by atoms with Gasteiger partial charge in [-0.05, 0) is 25.0 Å². The van der Waals surface area contributed by atoms with Crippen molar-refractivity contribution >= 4 is 22.6 Å². The third kappa shape index (κ3) is 3.37. The molecule has 2 N–H and O–H groups in total. The van der Waals surface area contributed by atoms with E-state index in [4.69, 9.17) is 0 Å². The van der Waals surface area contributed by atoms with Gasteiger partial charge in [-0.25, -0.2) is 0 Å². The third-order valence-electron chi connectivity index (χ3n) is 3.56. The summed E-state index contributed by atoms with van der Waals surface area (Å²) in [6.45, 7) is 4.23. The molecule has 0 aliphatic carbocycles. The van der Waals surface area contributed by atoms with Crippen molar-refractivity contribution in [3.05, 3.63) is 30.3 Å². The number of nitrogens with one attached hydrogen (secondary N) is 2. The summed E-state index contributed by atoms with van der Waals surface area (Å²) in [6.07, 6.45) is 4.11. The molecular weight excluding hydrogens is 236 g/mol. The smallest absolute Gasteiger partial charge is 0.228 e. The highest BCUT2D eigenvalue weighted by molar-refractivity contribution is 5.95. The minimum atomic E-state index is 0.117. The van der Waals surface area contributed by atoms with Gasteiger partial charge >= 0.3 is 0 Å². The van der Waals surface area contributed by atoms with Crippen molar-refractivity contribution in [1.82, 2.24) is 4.98 Å². The van der Waals surface area contributed by atoms with E-state index in [-0.39, 0.29) is 11.8 Å². The largest absolute Gasteiger partial charge is 0.341 e. The van der Waals surface area contributed by atoms with Gasteiger partial charge in [0.25, 0.3) is 0 Å². The zero-order valence-electron chi connectivity index (χ0n) is 11.7. The van der Waals surface area contributed by atoms with Crippen LogP contribution in [-0.2, 0) is 4.79 Å². The van der Waals surface area contributed by atoms with Crippen molar-refractivity contribution in [3.63, 3.8) is 0 Å². The molecule has 1 aromatic heterocycles. The number of unbranched alkanes of at least 4 members (excludes halogenated alkanes) is 1. The summed E-state index contributed by atoms with van der Waals surface area (Å²) in [5, 5.41) is 4.12. The van der Waals surface area contributed by atoms with E-state index in [0.717, 1.165) is 42.4 Å². The lowest BCUT2D eigenvalue weighted by atomic mass is 9.98. The molecule has 2 aromatic rings. The highest BCUT2D eigenvalue weighted by Gasteiger charge is 2.16. The summed E-state index contributed by atoms with van der Waals surface area (Å²) in [6, 6.07) is 10.0. The highest BCUT2D eigenvalue weighted by atomic mass is 16.1. The van der Waals surface area contributed by atoms with Gasteiger partial charge in [0.2, 0.25) is 5.91 Å². The zero-order chi connectivity index (χ0) is 13.7. The SMILES string of the molecule is CCCCC(CC)C(=O)Nc1cc2ccccc2[nH]1. The Labute approximate surface area is 114 Å². The number of H-pyrrole nitrogens is 1. The second-order valence-electron chi connectivity index (χ2n) is 5.01. The molecule has 3 heteroatoms. The predicted octanol–water partition coefficient (Wildman–Crippen LogP) is 4.32. The number of hydrogen-bond acceptors (Lipinski definition) is 1. The molecule has 102 valence electrons. The molecular formula is C16H22N2O. The quantitative estimate of drug-likeness (QED) is 0.796. The molecule has 0 saturated heterocycles. The molecule has 0 bridgehead atoms. The number of amides is 1. The second kappa shape index (κ2) is 6.41. The molecule has 0 aliphatic heterocycles. The first-order valence-corrected chi connectivity index (χ1v) is 7.13. The van der Waals surface area contributed by atoms with E-state index in [2.05, 4.69) is 24.1 Å². The monoisotopic (exact) mass is 258 g/mol. The fourth-order valence-corrected chi connectivity index (χ4v) is 2.35. The molecule has 1 amide bonds. The maximum Gasteiger partial charge on any atom is 0.228 e. The Morgan fingerprint density at radius 3 is 2.79 bits per heavy atom. The van der Waals surface area contributed by atoms with E-state index < -0.39 is 0 Å². The molecule has 1 atom stereocenters. The lowest BCUT2D eigenvalue weighted by molar-refractivity contribution is -0.120.